The van der Waals surface area contributed by atoms with Crippen molar-refractivity contribution in [3.8, 4) is 11.8 Å². The quantitative estimate of drug-likeness (QED) is 0.785. The number of hydrogen-bond donors (Lipinski definition) is 1. The van der Waals surface area contributed by atoms with Gasteiger partial charge in [0.15, 0.2) is 0 Å². The molecule has 1 amide bonds. The molecule has 2 aromatic rings. The van der Waals surface area contributed by atoms with Crippen molar-refractivity contribution < 1.29 is 18.3 Å². The lowest BCUT2D eigenvalue weighted by molar-refractivity contribution is -0.116. The summed E-state index contributed by atoms with van der Waals surface area (Å²) in [4.78, 5) is 37.0. The van der Waals surface area contributed by atoms with Gasteiger partial charge in [-0.3, -0.25) is 14.2 Å². The third-order valence-electron chi connectivity index (χ3n) is 3.99. The molecule has 11 heteroatoms. The number of nitrogens with zero attached hydrogens (tertiary/aromatic N) is 3. The molecule has 1 aliphatic rings. The summed E-state index contributed by atoms with van der Waals surface area (Å²) in [5, 5.41) is 11.3. The molecule has 0 radical (unpaired) electrons. The van der Waals surface area contributed by atoms with Crippen LogP contribution in [0.2, 0.25) is 5.02 Å². The summed E-state index contributed by atoms with van der Waals surface area (Å²) in [6, 6.07) is 5.24. The van der Waals surface area contributed by atoms with E-state index in [0.29, 0.717) is 4.57 Å². The molecule has 0 saturated heterocycles. The first-order valence-electron chi connectivity index (χ1n) is 8.10. The van der Waals surface area contributed by atoms with Crippen LogP contribution in [-0.4, -0.2) is 21.7 Å². The largest absolute Gasteiger partial charge is 0.433 e. The number of carbonyl (C=O) groups excluding carboxylic acids is 1. The average molecular weight is 411 g/mol. The van der Waals surface area contributed by atoms with Crippen molar-refractivity contribution in [2.24, 2.45) is 0 Å². The first kappa shape index (κ1) is 19.6. The van der Waals surface area contributed by atoms with Gasteiger partial charge in [0.2, 0.25) is 5.91 Å². The van der Waals surface area contributed by atoms with E-state index in [1.165, 1.54) is 22.9 Å². The molecular formula is C17H13ClF2N4O4. The molecule has 8 nitrogen and oxygen atoms in total. The van der Waals surface area contributed by atoms with Crippen molar-refractivity contribution in [1.82, 2.24) is 9.13 Å². The molecular weight excluding hydrogens is 398 g/mol. The van der Waals surface area contributed by atoms with E-state index in [4.69, 9.17) is 16.9 Å². The van der Waals surface area contributed by atoms with E-state index < -0.39 is 30.3 Å². The summed E-state index contributed by atoms with van der Waals surface area (Å²) in [7, 11) is 0. The molecule has 1 aromatic heterocycles. The van der Waals surface area contributed by atoms with Crippen LogP contribution in [0.1, 0.15) is 24.4 Å². The third-order valence-corrected chi connectivity index (χ3v) is 4.29. The molecule has 0 spiro atoms. The number of amides is 1. The molecule has 0 aliphatic heterocycles. The van der Waals surface area contributed by atoms with Crippen LogP contribution >= 0.6 is 11.6 Å². The SMILES string of the molecule is N#Cc1cn(C2CC2)c(=O)n(CC(=O)Nc2ccc(OC(F)F)c(Cl)c2)c1=O. The summed E-state index contributed by atoms with van der Waals surface area (Å²) in [5.74, 6) is -0.991. The molecule has 1 aromatic carbocycles. The highest BCUT2D eigenvalue weighted by Gasteiger charge is 2.27. The monoisotopic (exact) mass is 410 g/mol. The van der Waals surface area contributed by atoms with Gasteiger partial charge in [-0.25, -0.2) is 9.36 Å². The van der Waals surface area contributed by atoms with E-state index in [1.54, 1.807) is 6.07 Å². The number of aromatic nitrogens is 2. The lowest BCUT2D eigenvalue weighted by Crippen LogP contribution is -2.43. The molecule has 0 unspecified atom stereocenters. The van der Waals surface area contributed by atoms with E-state index in [1.807, 2.05) is 0 Å². The Hall–Kier alpha value is -3.19. The number of carbonyl (C=O) groups is 1. The second-order valence-corrected chi connectivity index (χ2v) is 6.45. The van der Waals surface area contributed by atoms with Crippen LogP contribution in [0.4, 0.5) is 14.5 Å². The zero-order valence-electron chi connectivity index (χ0n) is 14.2. The van der Waals surface area contributed by atoms with E-state index in [9.17, 15) is 23.2 Å². The fraction of sp³-hybridized carbons (Fsp3) is 0.294. The summed E-state index contributed by atoms with van der Waals surface area (Å²) in [6.07, 6.45) is 2.71. The minimum Gasteiger partial charge on any atom is -0.433 e. The van der Waals surface area contributed by atoms with Crippen molar-refractivity contribution in [3.63, 3.8) is 0 Å². The summed E-state index contributed by atoms with van der Waals surface area (Å²) < 4.78 is 30.7. The number of alkyl halides is 2. The zero-order valence-corrected chi connectivity index (χ0v) is 14.9. The van der Waals surface area contributed by atoms with Crippen molar-refractivity contribution in [2.45, 2.75) is 32.0 Å². The zero-order chi connectivity index (χ0) is 20.4. The Bertz CT molecular complexity index is 1090. The fourth-order valence-corrected chi connectivity index (χ4v) is 2.79. The first-order chi connectivity index (χ1) is 13.3. The number of rotatable bonds is 6. The molecule has 28 heavy (non-hydrogen) atoms. The molecule has 1 N–H and O–H groups in total. The van der Waals surface area contributed by atoms with Crippen molar-refractivity contribution in [2.75, 3.05) is 5.32 Å². The molecule has 3 rings (SSSR count). The van der Waals surface area contributed by atoms with Crippen LogP contribution < -0.4 is 21.3 Å². The highest BCUT2D eigenvalue weighted by molar-refractivity contribution is 6.32. The Morgan fingerprint density at radius 2 is 2.11 bits per heavy atom. The minimum atomic E-state index is -3.05. The summed E-state index contributed by atoms with van der Waals surface area (Å²) in [6.45, 7) is -3.67. The van der Waals surface area contributed by atoms with E-state index in [2.05, 4.69) is 10.1 Å². The van der Waals surface area contributed by atoms with Gasteiger partial charge in [-0.1, -0.05) is 11.6 Å². The van der Waals surface area contributed by atoms with Crippen LogP contribution in [0.15, 0.2) is 34.0 Å². The maximum Gasteiger partial charge on any atom is 0.387 e. The molecule has 1 saturated carbocycles. The Labute approximate surface area is 161 Å². The van der Waals surface area contributed by atoms with Crippen LogP contribution in [-0.2, 0) is 11.3 Å². The lowest BCUT2D eigenvalue weighted by atomic mass is 10.3. The maximum atomic E-state index is 12.5. The predicted molar refractivity (Wildman–Crippen MR) is 94.7 cm³/mol. The number of hydrogen-bond acceptors (Lipinski definition) is 5. The highest BCUT2D eigenvalue weighted by atomic mass is 35.5. The topological polar surface area (TPSA) is 106 Å². The van der Waals surface area contributed by atoms with Gasteiger partial charge in [0, 0.05) is 17.9 Å². The molecule has 0 atom stereocenters. The van der Waals surface area contributed by atoms with Crippen LogP contribution in [0.5, 0.6) is 5.75 Å². The predicted octanol–water partition coefficient (Wildman–Crippen LogP) is 2.11. The molecule has 146 valence electrons. The van der Waals surface area contributed by atoms with Gasteiger partial charge in [-0.05, 0) is 31.0 Å². The number of halogens is 3. The highest BCUT2D eigenvalue weighted by Crippen LogP contribution is 2.33. The number of benzene rings is 1. The van der Waals surface area contributed by atoms with Crippen molar-refractivity contribution in [1.29, 1.82) is 5.26 Å². The van der Waals surface area contributed by atoms with E-state index >= 15 is 0 Å². The first-order valence-corrected chi connectivity index (χ1v) is 8.48. The molecule has 1 heterocycles. The van der Waals surface area contributed by atoms with Gasteiger partial charge >= 0.3 is 12.3 Å². The molecule has 0 bridgehead atoms. The summed E-state index contributed by atoms with van der Waals surface area (Å²) in [5.41, 5.74) is -1.63. The van der Waals surface area contributed by atoms with E-state index in [-0.39, 0.29) is 28.1 Å². The van der Waals surface area contributed by atoms with Gasteiger partial charge in [0.25, 0.3) is 5.56 Å². The second-order valence-electron chi connectivity index (χ2n) is 6.04. The van der Waals surface area contributed by atoms with Crippen LogP contribution in [0, 0.1) is 11.3 Å². The van der Waals surface area contributed by atoms with E-state index in [0.717, 1.165) is 18.9 Å². The van der Waals surface area contributed by atoms with Crippen molar-refractivity contribution >= 4 is 23.2 Å². The molecule has 1 fully saturated rings. The Morgan fingerprint density at radius 1 is 1.39 bits per heavy atom. The number of anilines is 1. The van der Waals surface area contributed by atoms with Gasteiger partial charge in [0.05, 0.1) is 5.02 Å². The van der Waals surface area contributed by atoms with Crippen LogP contribution in [0.3, 0.4) is 0 Å². The minimum absolute atomic E-state index is 0.0873. The Kier molecular flexibility index (Phi) is 5.46. The smallest absolute Gasteiger partial charge is 0.387 e. The lowest BCUT2D eigenvalue weighted by Gasteiger charge is -2.12. The van der Waals surface area contributed by atoms with Gasteiger partial charge in [-0.2, -0.15) is 14.0 Å². The number of ether oxygens (including phenoxy) is 1. The number of nitriles is 1. The van der Waals surface area contributed by atoms with Gasteiger partial charge in [-0.15, -0.1) is 0 Å². The van der Waals surface area contributed by atoms with Gasteiger partial charge in [0.1, 0.15) is 23.9 Å². The van der Waals surface area contributed by atoms with Gasteiger partial charge < -0.3 is 10.1 Å². The second kappa shape index (κ2) is 7.82. The average Bonchev–Trinajstić information content (AvgIpc) is 3.46. The van der Waals surface area contributed by atoms with Crippen molar-refractivity contribution in [3.05, 3.63) is 55.8 Å². The van der Waals surface area contributed by atoms with Crippen LogP contribution in [0.25, 0.3) is 0 Å². The standard InChI is InChI=1S/C17H13ClF2N4O4/c18-12-5-10(1-4-13(12)28-16(19)20)22-14(25)8-24-15(26)9(6-21)7-23(17(24)27)11-2-3-11/h1,4-5,7,11,16H,2-3,8H2,(H,22,25). The summed E-state index contributed by atoms with van der Waals surface area (Å²) >= 11 is 5.82. The Balaban J connectivity index is 1.81. The maximum absolute atomic E-state index is 12.5. The molecule has 1 aliphatic carbocycles. The Morgan fingerprint density at radius 3 is 2.68 bits per heavy atom. The normalized spacial score (nSPS) is 13.2. The number of nitrogens with one attached hydrogen (secondary N) is 1. The third kappa shape index (κ3) is 4.20. The fourth-order valence-electron chi connectivity index (χ4n) is 2.57.